The molecule has 0 atom stereocenters. The predicted octanol–water partition coefficient (Wildman–Crippen LogP) is 2.67. The number of rotatable bonds is 8. The molecule has 0 saturated heterocycles. The number of benzene rings is 1. The zero-order valence-corrected chi connectivity index (χ0v) is 15.0. The van der Waals surface area contributed by atoms with Crippen LogP contribution in [-0.2, 0) is 16.1 Å². The van der Waals surface area contributed by atoms with Gasteiger partial charge in [0.1, 0.15) is 18.1 Å². The van der Waals surface area contributed by atoms with E-state index >= 15 is 0 Å². The number of esters is 1. The summed E-state index contributed by atoms with van der Waals surface area (Å²) in [5.41, 5.74) is 0.260. The second-order valence-electron chi connectivity index (χ2n) is 5.43. The number of fused-ring (bicyclic) bond motifs is 1. The molecule has 0 spiro atoms. The van der Waals surface area contributed by atoms with E-state index in [1.54, 1.807) is 18.7 Å². The molecule has 26 heavy (non-hydrogen) atoms. The normalized spacial score (nSPS) is 10.7. The Morgan fingerprint density at radius 2 is 2.00 bits per heavy atom. The number of carbonyl (C=O) groups is 1. The Hall–Kier alpha value is -2.87. The molecule has 0 aliphatic carbocycles. The monoisotopic (exact) mass is 374 g/mol. The molecule has 2 heterocycles. The van der Waals surface area contributed by atoms with Crippen molar-refractivity contribution in [3.63, 3.8) is 0 Å². The Kier molecular flexibility index (Phi) is 5.85. The van der Waals surface area contributed by atoms with Gasteiger partial charge in [0, 0.05) is 24.1 Å². The van der Waals surface area contributed by atoms with Crippen LogP contribution < -0.4 is 15.0 Å². The van der Waals surface area contributed by atoms with Crippen molar-refractivity contribution in [3.8, 4) is 11.5 Å². The van der Waals surface area contributed by atoms with Crippen LogP contribution in [-0.4, -0.2) is 29.1 Å². The van der Waals surface area contributed by atoms with E-state index < -0.39 is 0 Å². The topological polar surface area (TPSA) is 79.1 Å². The fourth-order valence-corrected chi connectivity index (χ4v) is 3.01. The van der Waals surface area contributed by atoms with E-state index in [1.807, 2.05) is 24.3 Å². The maximum Gasteiger partial charge on any atom is 0.306 e. The molecule has 136 valence electrons. The number of carbonyl (C=O) groups excluding carboxylic acids is 1. The zero-order valence-electron chi connectivity index (χ0n) is 14.2. The Bertz CT molecular complexity index is 933. The van der Waals surface area contributed by atoms with E-state index in [2.05, 4.69) is 4.98 Å². The van der Waals surface area contributed by atoms with Crippen LogP contribution in [0, 0.1) is 0 Å². The van der Waals surface area contributed by atoms with Gasteiger partial charge in [0.25, 0.3) is 5.56 Å². The summed E-state index contributed by atoms with van der Waals surface area (Å²) in [6.07, 6.45) is 2.43. The van der Waals surface area contributed by atoms with E-state index in [0.717, 1.165) is 5.75 Å². The fraction of sp³-hybridized carbons (Fsp3) is 0.278. The second-order valence-corrected chi connectivity index (χ2v) is 6.30. The zero-order chi connectivity index (χ0) is 18.4. The predicted molar refractivity (Wildman–Crippen MR) is 96.9 cm³/mol. The van der Waals surface area contributed by atoms with Crippen LogP contribution in [0.25, 0.3) is 4.96 Å². The standard InChI is InChI=1S/C18H18N2O5S/c1-23-14-4-6-15(7-5-14)24-9-2-3-17(22)25-12-13-11-16(21)20-8-10-26-18(20)19-13/h4-8,10-11H,2-3,9,12H2,1H3. The van der Waals surface area contributed by atoms with Crippen LogP contribution in [0.4, 0.5) is 0 Å². The van der Waals surface area contributed by atoms with E-state index in [0.29, 0.717) is 29.4 Å². The van der Waals surface area contributed by atoms with E-state index in [4.69, 9.17) is 14.2 Å². The highest BCUT2D eigenvalue weighted by Gasteiger charge is 2.07. The van der Waals surface area contributed by atoms with Gasteiger partial charge in [0.15, 0.2) is 4.96 Å². The van der Waals surface area contributed by atoms with Gasteiger partial charge in [-0.15, -0.1) is 11.3 Å². The molecular weight excluding hydrogens is 356 g/mol. The van der Waals surface area contributed by atoms with Crippen molar-refractivity contribution in [2.24, 2.45) is 0 Å². The van der Waals surface area contributed by atoms with Crippen LogP contribution in [0.1, 0.15) is 18.5 Å². The minimum absolute atomic E-state index is 0.0121. The van der Waals surface area contributed by atoms with Crippen LogP contribution in [0.2, 0.25) is 0 Å². The highest BCUT2D eigenvalue weighted by Crippen LogP contribution is 2.17. The SMILES string of the molecule is COc1ccc(OCCCC(=O)OCc2cc(=O)n3ccsc3n2)cc1. The average molecular weight is 374 g/mol. The molecule has 3 aromatic rings. The van der Waals surface area contributed by atoms with Gasteiger partial charge < -0.3 is 14.2 Å². The number of methoxy groups -OCH3 is 1. The van der Waals surface area contributed by atoms with Crippen molar-refractivity contribution >= 4 is 22.3 Å². The maximum absolute atomic E-state index is 11.9. The quantitative estimate of drug-likeness (QED) is 0.446. The summed E-state index contributed by atoms with van der Waals surface area (Å²) in [7, 11) is 1.60. The molecule has 0 radical (unpaired) electrons. The molecule has 8 heteroatoms. The molecule has 7 nitrogen and oxygen atoms in total. The number of hydrogen-bond donors (Lipinski definition) is 0. The molecule has 3 rings (SSSR count). The molecule has 2 aromatic heterocycles. The number of nitrogens with zero attached hydrogens (tertiary/aromatic N) is 2. The molecule has 0 bridgehead atoms. The van der Waals surface area contributed by atoms with Gasteiger partial charge in [-0.2, -0.15) is 0 Å². The summed E-state index contributed by atoms with van der Waals surface area (Å²) >= 11 is 1.35. The molecule has 0 amide bonds. The lowest BCUT2D eigenvalue weighted by Gasteiger charge is -2.07. The molecule has 0 aliphatic heterocycles. The third-order valence-corrected chi connectivity index (χ3v) is 4.35. The lowest BCUT2D eigenvalue weighted by atomic mass is 10.3. The lowest BCUT2D eigenvalue weighted by molar-refractivity contribution is -0.145. The van der Waals surface area contributed by atoms with Gasteiger partial charge in [-0.1, -0.05) is 0 Å². The van der Waals surface area contributed by atoms with Crippen molar-refractivity contribution in [2.45, 2.75) is 19.4 Å². The number of thiazole rings is 1. The summed E-state index contributed by atoms with van der Waals surface area (Å²) in [6, 6.07) is 8.61. The van der Waals surface area contributed by atoms with E-state index in [-0.39, 0.29) is 24.6 Å². The molecule has 0 N–H and O–H groups in total. The Morgan fingerprint density at radius 3 is 2.77 bits per heavy atom. The first-order chi connectivity index (χ1) is 12.7. The summed E-state index contributed by atoms with van der Waals surface area (Å²) < 4.78 is 17.3. The first-order valence-electron chi connectivity index (χ1n) is 8.04. The highest BCUT2D eigenvalue weighted by atomic mass is 32.1. The average Bonchev–Trinajstić information content (AvgIpc) is 3.13. The van der Waals surface area contributed by atoms with Gasteiger partial charge in [-0.3, -0.25) is 14.0 Å². The fourth-order valence-electron chi connectivity index (χ4n) is 2.27. The third kappa shape index (κ3) is 4.60. The minimum atomic E-state index is -0.350. The maximum atomic E-state index is 11.9. The number of ether oxygens (including phenoxy) is 3. The van der Waals surface area contributed by atoms with Crippen molar-refractivity contribution in [3.05, 3.63) is 58.0 Å². The molecule has 0 saturated carbocycles. The second kappa shape index (κ2) is 8.48. The molecule has 0 unspecified atom stereocenters. The van der Waals surface area contributed by atoms with E-state index in [1.165, 1.54) is 21.8 Å². The largest absolute Gasteiger partial charge is 0.497 e. The van der Waals surface area contributed by atoms with Crippen LogP contribution in [0.3, 0.4) is 0 Å². The minimum Gasteiger partial charge on any atom is -0.497 e. The van der Waals surface area contributed by atoms with Gasteiger partial charge in [-0.25, -0.2) is 4.98 Å². The Balaban J connectivity index is 1.40. The lowest BCUT2D eigenvalue weighted by Crippen LogP contribution is -2.14. The summed E-state index contributed by atoms with van der Waals surface area (Å²) in [5, 5.41) is 1.78. The molecule has 0 fully saturated rings. The van der Waals surface area contributed by atoms with Crippen LogP contribution in [0.5, 0.6) is 11.5 Å². The first-order valence-corrected chi connectivity index (χ1v) is 8.92. The Morgan fingerprint density at radius 1 is 1.23 bits per heavy atom. The molecular formula is C18H18N2O5S. The van der Waals surface area contributed by atoms with Crippen molar-refractivity contribution in [1.29, 1.82) is 0 Å². The Labute approximate surface area is 153 Å². The third-order valence-electron chi connectivity index (χ3n) is 3.59. The molecule has 1 aromatic carbocycles. The smallest absolute Gasteiger partial charge is 0.306 e. The number of aromatic nitrogens is 2. The van der Waals surface area contributed by atoms with Crippen molar-refractivity contribution in [1.82, 2.24) is 9.38 Å². The van der Waals surface area contributed by atoms with Gasteiger partial charge in [0.2, 0.25) is 0 Å². The van der Waals surface area contributed by atoms with Crippen LogP contribution >= 0.6 is 11.3 Å². The van der Waals surface area contributed by atoms with Gasteiger partial charge in [0.05, 0.1) is 19.4 Å². The van der Waals surface area contributed by atoms with Gasteiger partial charge in [-0.05, 0) is 30.7 Å². The van der Waals surface area contributed by atoms with Crippen molar-refractivity contribution in [2.75, 3.05) is 13.7 Å². The van der Waals surface area contributed by atoms with Crippen LogP contribution in [0.15, 0.2) is 46.7 Å². The van der Waals surface area contributed by atoms with Crippen molar-refractivity contribution < 1.29 is 19.0 Å². The van der Waals surface area contributed by atoms with Gasteiger partial charge >= 0.3 is 5.97 Å². The summed E-state index contributed by atoms with van der Waals surface area (Å²) in [4.78, 5) is 28.5. The number of hydrogen-bond acceptors (Lipinski definition) is 7. The summed E-state index contributed by atoms with van der Waals surface area (Å²) in [6.45, 7) is 0.393. The van der Waals surface area contributed by atoms with E-state index in [9.17, 15) is 9.59 Å². The highest BCUT2D eigenvalue weighted by molar-refractivity contribution is 7.15. The molecule has 0 aliphatic rings. The summed E-state index contributed by atoms with van der Waals surface area (Å²) in [5.74, 6) is 1.12. The first kappa shape index (κ1) is 17.9.